The number of anilines is 1. The van der Waals surface area contributed by atoms with Gasteiger partial charge in [-0.25, -0.2) is 4.98 Å². The summed E-state index contributed by atoms with van der Waals surface area (Å²) in [6.07, 6.45) is 8.48. The third-order valence-corrected chi connectivity index (χ3v) is 4.38. The van der Waals surface area contributed by atoms with Crippen molar-refractivity contribution in [2.45, 2.75) is 58.5 Å². The third-order valence-electron chi connectivity index (χ3n) is 4.38. The second kappa shape index (κ2) is 7.63. The lowest BCUT2D eigenvalue weighted by Crippen LogP contribution is -2.36. The summed E-state index contributed by atoms with van der Waals surface area (Å²) < 4.78 is 0. The number of hydrogen-bond acceptors (Lipinski definition) is 3. The highest BCUT2D eigenvalue weighted by Gasteiger charge is 2.23. The first-order valence-electron chi connectivity index (χ1n) is 8.09. The highest BCUT2D eigenvalue weighted by molar-refractivity contribution is 5.41. The molecule has 2 rings (SSSR count). The van der Waals surface area contributed by atoms with E-state index >= 15 is 0 Å². The normalized spacial score (nSPS) is 22.8. The largest absolute Gasteiger partial charge is 0.357 e. The molecule has 0 aromatic carbocycles. The Hall–Kier alpha value is -1.09. The van der Waals surface area contributed by atoms with Crippen LogP contribution in [-0.4, -0.2) is 24.6 Å². The molecule has 1 aliphatic carbocycles. The Bertz CT molecular complexity index is 405. The average molecular weight is 275 g/mol. The Kier molecular flexibility index (Phi) is 5.84. The zero-order valence-corrected chi connectivity index (χ0v) is 13.2. The first kappa shape index (κ1) is 15.3. The molecule has 1 saturated carbocycles. The van der Waals surface area contributed by atoms with Crippen LogP contribution in [0, 0.1) is 5.92 Å². The first-order valence-corrected chi connectivity index (χ1v) is 8.09. The number of hydrogen-bond donors (Lipinski definition) is 1. The van der Waals surface area contributed by atoms with Crippen LogP contribution in [0.25, 0.3) is 0 Å². The van der Waals surface area contributed by atoms with Gasteiger partial charge in [0, 0.05) is 25.8 Å². The van der Waals surface area contributed by atoms with Gasteiger partial charge < -0.3 is 10.2 Å². The van der Waals surface area contributed by atoms with Crippen molar-refractivity contribution in [1.82, 2.24) is 10.3 Å². The van der Waals surface area contributed by atoms with Crippen molar-refractivity contribution in [3.8, 4) is 0 Å². The van der Waals surface area contributed by atoms with Crippen LogP contribution in [0.15, 0.2) is 18.3 Å². The molecule has 0 bridgehead atoms. The fourth-order valence-electron chi connectivity index (χ4n) is 3.11. The molecule has 0 spiro atoms. The quantitative estimate of drug-likeness (QED) is 0.804. The highest BCUT2D eigenvalue weighted by Crippen LogP contribution is 2.28. The zero-order valence-electron chi connectivity index (χ0n) is 13.2. The van der Waals surface area contributed by atoms with E-state index < -0.39 is 0 Å². The monoisotopic (exact) mass is 275 g/mol. The minimum absolute atomic E-state index is 0.658. The lowest BCUT2D eigenvalue weighted by atomic mass is 9.86. The van der Waals surface area contributed by atoms with Gasteiger partial charge >= 0.3 is 0 Å². The van der Waals surface area contributed by atoms with E-state index in [1.165, 1.54) is 37.7 Å². The summed E-state index contributed by atoms with van der Waals surface area (Å²) in [4.78, 5) is 6.95. The van der Waals surface area contributed by atoms with Gasteiger partial charge in [0.2, 0.25) is 0 Å². The topological polar surface area (TPSA) is 28.2 Å². The van der Waals surface area contributed by atoms with Crippen LogP contribution >= 0.6 is 0 Å². The molecule has 1 fully saturated rings. The molecular weight excluding hydrogens is 246 g/mol. The van der Waals surface area contributed by atoms with Gasteiger partial charge in [0.05, 0.1) is 0 Å². The van der Waals surface area contributed by atoms with Crippen molar-refractivity contribution in [3.05, 3.63) is 23.9 Å². The molecule has 0 amide bonds. The molecule has 3 nitrogen and oxygen atoms in total. The first-order chi connectivity index (χ1) is 9.70. The minimum atomic E-state index is 0.658. The molecule has 2 unspecified atom stereocenters. The lowest BCUT2D eigenvalue weighted by Gasteiger charge is -2.35. The molecule has 1 aromatic rings. The highest BCUT2D eigenvalue weighted by atomic mass is 15.2. The molecule has 20 heavy (non-hydrogen) atoms. The predicted octanol–water partition coefficient (Wildman–Crippen LogP) is 3.60. The fraction of sp³-hybridized carbons (Fsp3) is 0.706. The molecule has 1 N–H and O–H groups in total. The van der Waals surface area contributed by atoms with E-state index in [9.17, 15) is 0 Å². The third kappa shape index (κ3) is 4.20. The Balaban J connectivity index is 1.98. The van der Waals surface area contributed by atoms with Crippen LogP contribution in [0.3, 0.4) is 0 Å². The van der Waals surface area contributed by atoms with E-state index in [1.807, 2.05) is 6.20 Å². The molecule has 1 aliphatic rings. The van der Waals surface area contributed by atoms with Gasteiger partial charge in [-0.3, -0.25) is 0 Å². The van der Waals surface area contributed by atoms with E-state index in [-0.39, 0.29) is 0 Å². The molecule has 0 saturated heterocycles. The van der Waals surface area contributed by atoms with Crippen LogP contribution < -0.4 is 10.2 Å². The second-order valence-corrected chi connectivity index (χ2v) is 6.24. The van der Waals surface area contributed by atoms with Crippen LogP contribution in [-0.2, 0) is 6.54 Å². The van der Waals surface area contributed by atoms with Crippen molar-refractivity contribution >= 4 is 5.82 Å². The Morgan fingerprint density at radius 3 is 3.00 bits per heavy atom. The molecule has 3 heteroatoms. The number of aromatic nitrogens is 1. The Morgan fingerprint density at radius 1 is 1.40 bits per heavy atom. The number of nitrogens with one attached hydrogen (secondary N) is 1. The fourth-order valence-corrected chi connectivity index (χ4v) is 3.11. The summed E-state index contributed by atoms with van der Waals surface area (Å²) >= 11 is 0. The van der Waals surface area contributed by atoms with Crippen LogP contribution in [0.5, 0.6) is 0 Å². The van der Waals surface area contributed by atoms with E-state index in [0.29, 0.717) is 6.04 Å². The van der Waals surface area contributed by atoms with E-state index in [0.717, 1.165) is 24.8 Å². The van der Waals surface area contributed by atoms with Gasteiger partial charge in [0.1, 0.15) is 5.82 Å². The molecule has 2 atom stereocenters. The maximum atomic E-state index is 4.57. The molecular formula is C17H29N3. The van der Waals surface area contributed by atoms with Crippen molar-refractivity contribution in [1.29, 1.82) is 0 Å². The van der Waals surface area contributed by atoms with Crippen molar-refractivity contribution in [3.63, 3.8) is 0 Å². The summed E-state index contributed by atoms with van der Waals surface area (Å²) in [6.45, 7) is 6.59. The summed E-state index contributed by atoms with van der Waals surface area (Å²) in [5.74, 6) is 1.98. The maximum absolute atomic E-state index is 4.57. The molecule has 112 valence electrons. The molecule has 1 heterocycles. The lowest BCUT2D eigenvalue weighted by molar-refractivity contribution is 0.335. The van der Waals surface area contributed by atoms with E-state index in [2.05, 4.69) is 48.2 Å². The zero-order chi connectivity index (χ0) is 14.4. The summed E-state index contributed by atoms with van der Waals surface area (Å²) in [6, 6.07) is 5.01. The predicted molar refractivity (Wildman–Crippen MR) is 86.1 cm³/mol. The smallest absolute Gasteiger partial charge is 0.128 e. The van der Waals surface area contributed by atoms with E-state index in [4.69, 9.17) is 0 Å². The SMILES string of the molecule is CCCNCc1ccnc(N(C)C2CCCC(C)C2)c1. The van der Waals surface area contributed by atoms with E-state index in [1.54, 1.807) is 0 Å². The molecule has 1 aromatic heterocycles. The van der Waals surface area contributed by atoms with Crippen molar-refractivity contribution < 1.29 is 0 Å². The van der Waals surface area contributed by atoms with Gasteiger partial charge in [-0.2, -0.15) is 0 Å². The van der Waals surface area contributed by atoms with Crippen molar-refractivity contribution in [2.75, 3.05) is 18.5 Å². The van der Waals surface area contributed by atoms with Crippen LogP contribution in [0.1, 0.15) is 51.5 Å². The van der Waals surface area contributed by atoms with Gasteiger partial charge in [-0.15, -0.1) is 0 Å². The van der Waals surface area contributed by atoms with Crippen molar-refractivity contribution in [2.24, 2.45) is 5.92 Å². The number of nitrogens with zero attached hydrogens (tertiary/aromatic N) is 2. The molecule has 0 radical (unpaired) electrons. The summed E-state index contributed by atoms with van der Waals surface area (Å²) in [5, 5.41) is 3.46. The Morgan fingerprint density at radius 2 is 2.25 bits per heavy atom. The standard InChI is InChI=1S/C17H29N3/c1-4-9-18-13-15-8-10-19-17(12-15)20(3)16-7-5-6-14(2)11-16/h8,10,12,14,16,18H,4-7,9,11,13H2,1-3H3. The van der Waals surface area contributed by atoms with Crippen LogP contribution in [0.4, 0.5) is 5.82 Å². The Labute approximate surface area is 123 Å². The van der Waals surface area contributed by atoms with Gasteiger partial charge in [0.25, 0.3) is 0 Å². The maximum Gasteiger partial charge on any atom is 0.128 e. The second-order valence-electron chi connectivity index (χ2n) is 6.24. The molecule has 0 aliphatic heterocycles. The van der Waals surface area contributed by atoms with Gasteiger partial charge in [-0.05, 0) is 49.4 Å². The summed E-state index contributed by atoms with van der Waals surface area (Å²) in [7, 11) is 2.20. The van der Waals surface area contributed by atoms with Gasteiger partial charge in [-0.1, -0.05) is 26.7 Å². The average Bonchev–Trinajstić information content (AvgIpc) is 2.47. The van der Waals surface area contributed by atoms with Gasteiger partial charge in [0.15, 0.2) is 0 Å². The van der Waals surface area contributed by atoms with Crippen LogP contribution in [0.2, 0.25) is 0 Å². The minimum Gasteiger partial charge on any atom is -0.357 e. The summed E-state index contributed by atoms with van der Waals surface area (Å²) in [5.41, 5.74) is 1.33. The number of rotatable bonds is 6. The number of pyridine rings is 1.